The molecule has 1 heterocycles. The fourth-order valence-electron chi connectivity index (χ4n) is 2.94. The summed E-state index contributed by atoms with van der Waals surface area (Å²) in [6, 6.07) is 11.8. The normalized spacial score (nSPS) is 15.3. The van der Waals surface area contributed by atoms with Crippen LogP contribution in [-0.4, -0.2) is 23.9 Å². The second-order valence-electron chi connectivity index (χ2n) is 6.21. The molecule has 1 N–H and O–H groups in total. The minimum absolute atomic E-state index is 0.126. The van der Waals surface area contributed by atoms with E-state index in [0.29, 0.717) is 5.56 Å². The molecular weight excluding hydrogens is 329 g/mol. The van der Waals surface area contributed by atoms with Crippen molar-refractivity contribution < 1.29 is 18.0 Å². The molecule has 0 saturated carbocycles. The van der Waals surface area contributed by atoms with E-state index in [9.17, 15) is 18.0 Å². The average Bonchev–Trinajstić information content (AvgIpc) is 3.08. The topological polar surface area (TPSA) is 32.3 Å². The minimum atomic E-state index is -4.43. The Kier molecular flexibility index (Phi) is 5.08. The van der Waals surface area contributed by atoms with E-state index in [2.05, 4.69) is 10.2 Å². The number of hydrogen-bond acceptors (Lipinski definition) is 2. The lowest BCUT2D eigenvalue weighted by molar-refractivity contribution is -0.137. The van der Waals surface area contributed by atoms with Gasteiger partial charge in [-0.05, 0) is 61.8 Å². The number of likely N-dealkylation sites (tertiary alicyclic amines) is 1. The van der Waals surface area contributed by atoms with Crippen molar-refractivity contribution >= 4 is 11.6 Å². The number of nitrogens with zero attached hydrogens (tertiary/aromatic N) is 1. The Bertz CT molecular complexity index is 735. The molecule has 2 aromatic rings. The quantitative estimate of drug-likeness (QED) is 0.879. The van der Waals surface area contributed by atoms with Crippen LogP contribution < -0.4 is 5.32 Å². The molecule has 3 rings (SSSR count). The zero-order valence-electron chi connectivity index (χ0n) is 13.6. The van der Waals surface area contributed by atoms with Crippen molar-refractivity contribution in [3.8, 4) is 0 Å². The van der Waals surface area contributed by atoms with Gasteiger partial charge in [0, 0.05) is 17.8 Å². The lowest BCUT2D eigenvalue weighted by atomic mass is 10.1. The summed E-state index contributed by atoms with van der Waals surface area (Å²) in [5, 5.41) is 2.51. The SMILES string of the molecule is O=C(Nc1cccc(C(F)(F)F)c1)c1ccc(CN2CCCC2)cc1. The van der Waals surface area contributed by atoms with E-state index >= 15 is 0 Å². The van der Waals surface area contributed by atoms with Crippen molar-refractivity contribution in [2.75, 3.05) is 18.4 Å². The lowest BCUT2D eigenvalue weighted by Gasteiger charge is -2.14. The Morgan fingerprint density at radius 2 is 1.72 bits per heavy atom. The van der Waals surface area contributed by atoms with Crippen LogP contribution >= 0.6 is 0 Å². The largest absolute Gasteiger partial charge is 0.416 e. The van der Waals surface area contributed by atoms with Crippen LogP contribution in [0.5, 0.6) is 0 Å². The molecule has 0 atom stereocenters. The van der Waals surface area contributed by atoms with Gasteiger partial charge in [0.25, 0.3) is 5.91 Å². The fraction of sp³-hybridized carbons (Fsp3) is 0.316. The number of amides is 1. The monoisotopic (exact) mass is 348 g/mol. The first-order valence-electron chi connectivity index (χ1n) is 8.22. The van der Waals surface area contributed by atoms with Crippen LogP contribution in [0.2, 0.25) is 0 Å². The molecule has 1 amide bonds. The number of rotatable bonds is 4. The summed E-state index contributed by atoms with van der Waals surface area (Å²) < 4.78 is 38.2. The third-order valence-corrected chi connectivity index (χ3v) is 4.27. The van der Waals surface area contributed by atoms with Crippen LogP contribution in [0, 0.1) is 0 Å². The van der Waals surface area contributed by atoms with Gasteiger partial charge >= 0.3 is 6.18 Å². The molecule has 0 radical (unpaired) electrons. The van der Waals surface area contributed by atoms with E-state index in [-0.39, 0.29) is 5.69 Å². The Labute approximate surface area is 144 Å². The molecule has 0 unspecified atom stereocenters. The zero-order valence-corrected chi connectivity index (χ0v) is 13.6. The summed E-state index contributed by atoms with van der Waals surface area (Å²) in [7, 11) is 0. The van der Waals surface area contributed by atoms with Gasteiger partial charge in [0.1, 0.15) is 0 Å². The maximum Gasteiger partial charge on any atom is 0.416 e. The first-order valence-corrected chi connectivity index (χ1v) is 8.22. The molecule has 2 aromatic carbocycles. The molecule has 1 aliphatic rings. The minimum Gasteiger partial charge on any atom is -0.322 e. The molecule has 1 aliphatic heterocycles. The van der Waals surface area contributed by atoms with Gasteiger partial charge in [-0.25, -0.2) is 0 Å². The van der Waals surface area contributed by atoms with Gasteiger partial charge in [-0.15, -0.1) is 0 Å². The molecule has 6 heteroatoms. The van der Waals surface area contributed by atoms with Crippen LogP contribution in [0.25, 0.3) is 0 Å². The van der Waals surface area contributed by atoms with Crippen molar-refractivity contribution in [1.29, 1.82) is 0 Å². The third-order valence-electron chi connectivity index (χ3n) is 4.27. The highest BCUT2D eigenvalue weighted by Gasteiger charge is 2.30. The molecule has 3 nitrogen and oxygen atoms in total. The van der Waals surface area contributed by atoms with E-state index < -0.39 is 17.6 Å². The third kappa shape index (κ3) is 4.60. The highest BCUT2D eigenvalue weighted by molar-refractivity contribution is 6.04. The standard InChI is InChI=1S/C19H19F3N2O/c20-19(21,22)16-4-3-5-17(12-16)23-18(25)15-8-6-14(7-9-15)13-24-10-1-2-11-24/h3-9,12H,1-2,10-11,13H2,(H,23,25). The first kappa shape index (κ1) is 17.5. The fourth-order valence-corrected chi connectivity index (χ4v) is 2.94. The number of nitrogens with one attached hydrogen (secondary N) is 1. The molecule has 25 heavy (non-hydrogen) atoms. The van der Waals surface area contributed by atoms with E-state index in [1.54, 1.807) is 12.1 Å². The molecule has 132 valence electrons. The van der Waals surface area contributed by atoms with Crippen LogP contribution in [0.1, 0.15) is 34.3 Å². The van der Waals surface area contributed by atoms with Crippen molar-refractivity contribution in [3.63, 3.8) is 0 Å². The molecule has 1 fully saturated rings. The van der Waals surface area contributed by atoms with Crippen LogP contribution in [0.15, 0.2) is 48.5 Å². The van der Waals surface area contributed by atoms with Crippen molar-refractivity contribution in [2.45, 2.75) is 25.6 Å². The predicted octanol–water partition coefficient (Wildman–Crippen LogP) is 4.55. The zero-order chi connectivity index (χ0) is 17.9. The number of hydrogen-bond donors (Lipinski definition) is 1. The van der Waals surface area contributed by atoms with Gasteiger partial charge in [-0.2, -0.15) is 13.2 Å². The second-order valence-corrected chi connectivity index (χ2v) is 6.21. The highest BCUT2D eigenvalue weighted by Crippen LogP contribution is 2.30. The number of anilines is 1. The Morgan fingerprint density at radius 1 is 1.04 bits per heavy atom. The number of benzene rings is 2. The maximum atomic E-state index is 12.7. The summed E-state index contributed by atoms with van der Waals surface area (Å²) in [4.78, 5) is 14.6. The van der Waals surface area contributed by atoms with E-state index in [1.807, 2.05) is 12.1 Å². The van der Waals surface area contributed by atoms with Crippen molar-refractivity contribution in [3.05, 3.63) is 65.2 Å². The Morgan fingerprint density at radius 3 is 2.36 bits per heavy atom. The second kappa shape index (κ2) is 7.27. The summed E-state index contributed by atoms with van der Waals surface area (Å²) in [6.07, 6.45) is -1.99. The summed E-state index contributed by atoms with van der Waals surface area (Å²) >= 11 is 0. The van der Waals surface area contributed by atoms with Gasteiger partial charge in [-0.3, -0.25) is 9.69 Å². The van der Waals surface area contributed by atoms with Crippen LogP contribution in [-0.2, 0) is 12.7 Å². The Balaban J connectivity index is 1.65. The molecule has 1 saturated heterocycles. The number of carbonyl (C=O) groups excluding carboxylic acids is 1. The molecule has 0 aromatic heterocycles. The summed E-state index contributed by atoms with van der Waals surface area (Å²) in [5.41, 5.74) is 0.882. The molecule has 0 spiro atoms. The van der Waals surface area contributed by atoms with Crippen molar-refractivity contribution in [1.82, 2.24) is 4.90 Å². The maximum absolute atomic E-state index is 12.7. The molecular formula is C19H19F3N2O. The lowest BCUT2D eigenvalue weighted by Crippen LogP contribution is -2.18. The van der Waals surface area contributed by atoms with Crippen LogP contribution in [0.3, 0.4) is 0 Å². The average molecular weight is 348 g/mol. The smallest absolute Gasteiger partial charge is 0.322 e. The van der Waals surface area contributed by atoms with Gasteiger partial charge in [0.2, 0.25) is 0 Å². The van der Waals surface area contributed by atoms with E-state index in [4.69, 9.17) is 0 Å². The number of alkyl halides is 3. The van der Waals surface area contributed by atoms with Gasteiger partial charge in [0.15, 0.2) is 0 Å². The molecule has 0 aliphatic carbocycles. The van der Waals surface area contributed by atoms with Gasteiger partial charge in [0.05, 0.1) is 5.56 Å². The van der Waals surface area contributed by atoms with Crippen LogP contribution in [0.4, 0.5) is 18.9 Å². The Hall–Kier alpha value is -2.34. The van der Waals surface area contributed by atoms with Crippen molar-refractivity contribution in [2.24, 2.45) is 0 Å². The highest BCUT2D eigenvalue weighted by atomic mass is 19.4. The van der Waals surface area contributed by atoms with E-state index in [1.165, 1.54) is 25.0 Å². The number of carbonyl (C=O) groups is 1. The summed E-state index contributed by atoms with van der Waals surface area (Å²) in [5.74, 6) is -0.424. The van der Waals surface area contributed by atoms with Gasteiger partial charge < -0.3 is 5.32 Å². The van der Waals surface area contributed by atoms with Gasteiger partial charge in [-0.1, -0.05) is 18.2 Å². The summed E-state index contributed by atoms with van der Waals surface area (Å²) in [6.45, 7) is 3.05. The predicted molar refractivity (Wildman–Crippen MR) is 90.4 cm³/mol. The molecule has 0 bridgehead atoms. The first-order chi connectivity index (χ1) is 11.9. The van der Waals surface area contributed by atoms with E-state index in [0.717, 1.165) is 37.3 Å². The number of halogens is 3.